The second-order valence-corrected chi connectivity index (χ2v) is 9.12. The summed E-state index contributed by atoms with van der Waals surface area (Å²) in [5.74, 6) is 2.56. The summed E-state index contributed by atoms with van der Waals surface area (Å²) in [5.41, 5.74) is 4.51. The van der Waals surface area contributed by atoms with E-state index in [0.717, 1.165) is 34.7 Å². The van der Waals surface area contributed by atoms with Crippen LogP contribution in [0.5, 0.6) is 23.0 Å². The molecule has 186 valence electrons. The molecule has 0 saturated heterocycles. The van der Waals surface area contributed by atoms with Gasteiger partial charge in [-0.15, -0.1) is 0 Å². The molecule has 9 nitrogen and oxygen atoms in total. The maximum absolute atomic E-state index is 13.9. The summed E-state index contributed by atoms with van der Waals surface area (Å²) in [6, 6.07) is 18.9. The molecule has 3 aliphatic rings. The van der Waals surface area contributed by atoms with Gasteiger partial charge in [-0.3, -0.25) is 14.4 Å². The van der Waals surface area contributed by atoms with Gasteiger partial charge in [0.25, 0.3) is 5.91 Å². The third-order valence-corrected chi connectivity index (χ3v) is 6.73. The van der Waals surface area contributed by atoms with Gasteiger partial charge >= 0.3 is 0 Å². The molecular formula is C28H24N4O5. The SMILES string of the molecule is Cn1cc(C2Nc3ccccc3C(=O)N2c2ccc3c(c2)OCO3)c(-c2ccc3c(c2)OCCCO3)n1. The van der Waals surface area contributed by atoms with Crippen LogP contribution in [0, 0.1) is 0 Å². The monoisotopic (exact) mass is 496 g/mol. The molecule has 1 unspecified atom stereocenters. The quantitative estimate of drug-likeness (QED) is 0.438. The Morgan fingerprint density at radius 2 is 1.65 bits per heavy atom. The van der Waals surface area contributed by atoms with Crippen LogP contribution in [0.4, 0.5) is 11.4 Å². The van der Waals surface area contributed by atoms with Crippen LogP contribution in [0.2, 0.25) is 0 Å². The second kappa shape index (κ2) is 8.48. The van der Waals surface area contributed by atoms with Crippen molar-refractivity contribution in [2.75, 3.05) is 30.2 Å². The number of carbonyl (C=O) groups is 1. The number of aryl methyl sites for hydroxylation is 1. The molecule has 0 saturated carbocycles. The summed E-state index contributed by atoms with van der Waals surface area (Å²) in [4.78, 5) is 15.7. The number of para-hydroxylation sites is 1. The van der Waals surface area contributed by atoms with Gasteiger partial charge < -0.3 is 24.3 Å². The van der Waals surface area contributed by atoms with Gasteiger partial charge in [0.1, 0.15) is 6.17 Å². The highest BCUT2D eigenvalue weighted by Crippen LogP contribution is 2.43. The topological polar surface area (TPSA) is 87.1 Å². The minimum Gasteiger partial charge on any atom is -0.490 e. The summed E-state index contributed by atoms with van der Waals surface area (Å²) in [6.07, 6.45) is 2.25. The zero-order chi connectivity index (χ0) is 24.9. The summed E-state index contributed by atoms with van der Waals surface area (Å²) < 4.78 is 24.6. The van der Waals surface area contributed by atoms with Crippen molar-refractivity contribution in [3.8, 4) is 34.3 Å². The lowest BCUT2D eigenvalue weighted by Crippen LogP contribution is -2.43. The summed E-state index contributed by atoms with van der Waals surface area (Å²) in [7, 11) is 1.87. The lowest BCUT2D eigenvalue weighted by Gasteiger charge is -2.38. The number of rotatable bonds is 3. The number of aromatic nitrogens is 2. The fraction of sp³-hybridized carbons (Fsp3) is 0.214. The highest BCUT2D eigenvalue weighted by molar-refractivity contribution is 6.12. The Labute approximate surface area is 213 Å². The van der Waals surface area contributed by atoms with Gasteiger partial charge in [0.2, 0.25) is 6.79 Å². The summed E-state index contributed by atoms with van der Waals surface area (Å²) in [6.45, 7) is 1.38. The molecule has 1 N–H and O–H groups in total. The van der Waals surface area contributed by atoms with Gasteiger partial charge in [-0.05, 0) is 42.5 Å². The van der Waals surface area contributed by atoms with Gasteiger partial charge in [0.05, 0.1) is 30.2 Å². The molecule has 0 fully saturated rings. The first-order valence-corrected chi connectivity index (χ1v) is 12.2. The Morgan fingerprint density at radius 3 is 2.57 bits per heavy atom. The predicted molar refractivity (Wildman–Crippen MR) is 136 cm³/mol. The van der Waals surface area contributed by atoms with Gasteiger partial charge in [-0.2, -0.15) is 5.10 Å². The molecule has 4 aromatic rings. The number of hydrogen-bond acceptors (Lipinski definition) is 7. The number of hydrogen-bond donors (Lipinski definition) is 1. The highest BCUT2D eigenvalue weighted by atomic mass is 16.7. The van der Waals surface area contributed by atoms with E-state index in [-0.39, 0.29) is 12.7 Å². The van der Waals surface area contributed by atoms with E-state index < -0.39 is 6.17 Å². The minimum absolute atomic E-state index is 0.119. The van der Waals surface area contributed by atoms with E-state index in [9.17, 15) is 4.79 Å². The number of carbonyl (C=O) groups excluding carboxylic acids is 1. The van der Waals surface area contributed by atoms with Crippen LogP contribution in [-0.2, 0) is 7.05 Å². The Bertz CT molecular complexity index is 1530. The first kappa shape index (κ1) is 21.6. The number of anilines is 2. The fourth-order valence-corrected chi connectivity index (χ4v) is 5.01. The second-order valence-electron chi connectivity index (χ2n) is 9.12. The number of nitrogens with zero attached hydrogens (tertiary/aromatic N) is 3. The molecule has 9 heteroatoms. The maximum atomic E-state index is 13.9. The van der Waals surface area contributed by atoms with Crippen LogP contribution in [0.1, 0.15) is 28.5 Å². The molecular weight excluding hydrogens is 472 g/mol. The van der Waals surface area contributed by atoms with Crippen molar-refractivity contribution in [3.63, 3.8) is 0 Å². The molecule has 1 aromatic heterocycles. The molecule has 0 aliphatic carbocycles. The zero-order valence-electron chi connectivity index (χ0n) is 20.1. The predicted octanol–water partition coefficient (Wildman–Crippen LogP) is 4.75. The third kappa shape index (κ3) is 3.62. The van der Waals surface area contributed by atoms with E-state index >= 15 is 0 Å². The van der Waals surface area contributed by atoms with Crippen molar-refractivity contribution in [2.45, 2.75) is 12.6 Å². The maximum Gasteiger partial charge on any atom is 0.262 e. The molecule has 0 spiro atoms. The lowest BCUT2D eigenvalue weighted by atomic mass is 10.00. The first-order valence-electron chi connectivity index (χ1n) is 12.2. The Morgan fingerprint density at radius 1 is 0.892 bits per heavy atom. The zero-order valence-corrected chi connectivity index (χ0v) is 20.1. The van der Waals surface area contributed by atoms with Crippen LogP contribution in [0.3, 0.4) is 0 Å². The molecule has 37 heavy (non-hydrogen) atoms. The van der Waals surface area contributed by atoms with Crippen molar-refractivity contribution < 1.29 is 23.7 Å². The molecule has 7 rings (SSSR count). The number of benzene rings is 3. The van der Waals surface area contributed by atoms with Crippen LogP contribution in [-0.4, -0.2) is 35.7 Å². The molecule has 0 radical (unpaired) electrons. The normalized spacial score (nSPS) is 17.7. The first-order chi connectivity index (χ1) is 18.2. The molecule has 1 amide bonds. The number of nitrogens with one attached hydrogen (secondary N) is 1. The van der Waals surface area contributed by atoms with Crippen molar-refractivity contribution in [3.05, 3.63) is 78.0 Å². The smallest absolute Gasteiger partial charge is 0.262 e. The minimum atomic E-state index is -0.526. The standard InChI is InChI=1S/C28H24N4O5/c1-31-15-20(26(30-31)17-7-9-22-24(13-17)35-12-4-11-34-22)27-29-21-6-3-2-5-19(21)28(33)32(27)18-8-10-23-25(14-18)37-16-36-23/h2-3,5-10,13-15,27,29H,4,11-12,16H2,1H3. The highest BCUT2D eigenvalue weighted by Gasteiger charge is 2.37. The molecule has 3 aliphatic heterocycles. The van der Waals surface area contributed by atoms with E-state index in [1.807, 2.05) is 73.9 Å². The average Bonchev–Trinajstić information content (AvgIpc) is 3.47. The van der Waals surface area contributed by atoms with E-state index in [2.05, 4.69) is 5.32 Å². The summed E-state index contributed by atoms with van der Waals surface area (Å²) >= 11 is 0. The lowest BCUT2D eigenvalue weighted by molar-refractivity contribution is 0.0975. The van der Waals surface area contributed by atoms with E-state index in [4.69, 9.17) is 24.0 Å². The fourth-order valence-electron chi connectivity index (χ4n) is 5.01. The van der Waals surface area contributed by atoms with Gasteiger partial charge in [0, 0.05) is 42.5 Å². The van der Waals surface area contributed by atoms with E-state index in [0.29, 0.717) is 41.7 Å². The third-order valence-electron chi connectivity index (χ3n) is 6.73. The van der Waals surface area contributed by atoms with Crippen molar-refractivity contribution in [1.29, 1.82) is 0 Å². The molecule has 0 bridgehead atoms. The molecule has 3 aromatic carbocycles. The van der Waals surface area contributed by atoms with Crippen LogP contribution >= 0.6 is 0 Å². The number of fused-ring (bicyclic) bond motifs is 3. The van der Waals surface area contributed by atoms with Crippen LogP contribution in [0.25, 0.3) is 11.3 Å². The number of amides is 1. The largest absolute Gasteiger partial charge is 0.490 e. The van der Waals surface area contributed by atoms with Crippen LogP contribution in [0.15, 0.2) is 66.9 Å². The Hall–Kier alpha value is -4.66. The van der Waals surface area contributed by atoms with Crippen LogP contribution < -0.4 is 29.2 Å². The summed E-state index contributed by atoms with van der Waals surface area (Å²) in [5, 5.41) is 8.37. The van der Waals surface area contributed by atoms with E-state index in [1.54, 1.807) is 9.58 Å². The van der Waals surface area contributed by atoms with Gasteiger partial charge in [0.15, 0.2) is 23.0 Å². The van der Waals surface area contributed by atoms with Crippen molar-refractivity contribution in [1.82, 2.24) is 9.78 Å². The van der Waals surface area contributed by atoms with E-state index in [1.165, 1.54) is 0 Å². The Balaban J connectivity index is 1.37. The number of ether oxygens (including phenoxy) is 4. The average molecular weight is 497 g/mol. The molecule has 1 atom stereocenters. The molecule has 4 heterocycles. The van der Waals surface area contributed by atoms with Gasteiger partial charge in [-0.25, -0.2) is 0 Å². The van der Waals surface area contributed by atoms with Gasteiger partial charge in [-0.1, -0.05) is 12.1 Å². The van der Waals surface area contributed by atoms with Crippen molar-refractivity contribution >= 4 is 17.3 Å². The van der Waals surface area contributed by atoms with Crippen molar-refractivity contribution in [2.24, 2.45) is 7.05 Å². The Kier molecular flexibility index (Phi) is 4.95.